The van der Waals surface area contributed by atoms with E-state index >= 15 is 0 Å². The summed E-state index contributed by atoms with van der Waals surface area (Å²) in [6.07, 6.45) is 0. The Balaban J connectivity index is 2.10. The molecule has 0 aliphatic carbocycles. The van der Waals surface area contributed by atoms with Crippen LogP contribution in [0.25, 0.3) is 21.8 Å². The average molecular weight is 282 g/mol. The summed E-state index contributed by atoms with van der Waals surface area (Å²) >= 11 is 1.50. The van der Waals surface area contributed by atoms with E-state index in [1.807, 2.05) is 55.6 Å². The largest absolute Gasteiger partial charge is 0.326 e. The van der Waals surface area contributed by atoms with Gasteiger partial charge in [-0.05, 0) is 25.5 Å². The maximum Gasteiger partial charge on any atom is 0.258 e. The van der Waals surface area contributed by atoms with Crippen molar-refractivity contribution >= 4 is 11.3 Å². The van der Waals surface area contributed by atoms with E-state index in [-0.39, 0.29) is 5.56 Å². The predicted molar refractivity (Wildman–Crippen MR) is 83.1 cm³/mol. The van der Waals surface area contributed by atoms with Gasteiger partial charge in [0.2, 0.25) is 0 Å². The van der Waals surface area contributed by atoms with Crippen LogP contribution in [0, 0.1) is 13.8 Å². The lowest BCUT2D eigenvalue weighted by atomic mass is 10.1. The molecule has 0 saturated carbocycles. The van der Waals surface area contributed by atoms with Crippen LogP contribution in [0.3, 0.4) is 0 Å². The summed E-state index contributed by atoms with van der Waals surface area (Å²) in [6, 6.07) is 12.0. The zero-order chi connectivity index (χ0) is 14.1. The number of hydrogen-bond donors (Lipinski definition) is 1. The molecule has 0 spiro atoms. The highest BCUT2D eigenvalue weighted by molar-refractivity contribution is 7.13. The van der Waals surface area contributed by atoms with E-state index in [9.17, 15) is 4.79 Å². The van der Waals surface area contributed by atoms with Crippen LogP contribution in [0.4, 0.5) is 0 Å². The lowest BCUT2D eigenvalue weighted by Crippen LogP contribution is -2.11. The quantitative estimate of drug-likeness (QED) is 0.777. The van der Waals surface area contributed by atoms with Crippen molar-refractivity contribution in [1.29, 1.82) is 0 Å². The molecule has 0 aliphatic heterocycles. The van der Waals surface area contributed by atoms with Gasteiger partial charge in [0.1, 0.15) is 5.01 Å². The molecule has 4 heteroatoms. The summed E-state index contributed by atoms with van der Waals surface area (Å²) in [5.41, 5.74) is 4.40. The highest BCUT2D eigenvalue weighted by atomic mass is 32.1. The minimum atomic E-state index is -0.0727. The summed E-state index contributed by atoms with van der Waals surface area (Å²) in [7, 11) is 0. The molecule has 0 aliphatic rings. The smallest absolute Gasteiger partial charge is 0.258 e. The van der Waals surface area contributed by atoms with Crippen molar-refractivity contribution in [1.82, 2.24) is 9.97 Å². The van der Waals surface area contributed by atoms with Crippen molar-refractivity contribution in [2.45, 2.75) is 13.8 Å². The molecular weight excluding hydrogens is 268 g/mol. The van der Waals surface area contributed by atoms with Crippen LogP contribution in [-0.2, 0) is 0 Å². The van der Waals surface area contributed by atoms with Crippen LogP contribution in [0.5, 0.6) is 0 Å². The molecule has 100 valence electrons. The van der Waals surface area contributed by atoms with Crippen molar-refractivity contribution in [3.63, 3.8) is 0 Å². The van der Waals surface area contributed by atoms with Gasteiger partial charge in [0, 0.05) is 16.6 Å². The fourth-order valence-corrected chi connectivity index (χ4v) is 3.18. The first-order chi connectivity index (χ1) is 9.65. The Morgan fingerprint density at radius 3 is 2.60 bits per heavy atom. The molecule has 1 N–H and O–H groups in total. The number of pyridine rings is 1. The standard InChI is InChI=1S/C16H14N2OS/c1-10-8-11(2)17-15(19)14(10)16-18-13(9-20-16)12-6-4-3-5-7-12/h3-9H,1-2H3,(H,17,19). The van der Waals surface area contributed by atoms with Gasteiger partial charge in [-0.25, -0.2) is 4.98 Å². The molecular formula is C16H14N2OS. The first kappa shape index (κ1) is 12.8. The lowest BCUT2D eigenvalue weighted by molar-refractivity contribution is 1.12. The number of nitrogens with zero attached hydrogens (tertiary/aromatic N) is 1. The van der Waals surface area contributed by atoms with E-state index in [0.717, 1.165) is 27.5 Å². The zero-order valence-electron chi connectivity index (χ0n) is 11.3. The van der Waals surface area contributed by atoms with Crippen molar-refractivity contribution in [2.24, 2.45) is 0 Å². The number of rotatable bonds is 2. The number of hydrogen-bond acceptors (Lipinski definition) is 3. The van der Waals surface area contributed by atoms with Gasteiger partial charge in [-0.3, -0.25) is 4.79 Å². The molecule has 0 bridgehead atoms. The minimum absolute atomic E-state index is 0.0727. The summed E-state index contributed by atoms with van der Waals surface area (Å²) in [5.74, 6) is 0. The van der Waals surface area contributed by atoms with Gasteiger partial charge in [-0.2, -0.15) is 0 Å². The van der Waals surface area contributed by atoms with Crippen molar-refractivity contribution in [2.75, 3.05) is 0 Å². The molecule has 3 rings (SSSR count). The van der Waals surface area contributed by atoms with Crippen molar-refractivity contribution in [3.05, 3.63) is 63.4 Å². The molecule has 0 amide bonds. The second-order valence-corrected chi connectivity index (χ2v) is 5.60. The number of nitrogens with one attached hydrogen (secondary N) is 1. The minimum Gasteiger partial charge on any atom is -0.326 e. The van der Waals surface area contributed by atoms with Gasteiger partial charge >= 0.3 is 0 Å². The Morgan fingerprint density at radius 2 is 1.90 bits per heavy atom. The molecule has 0 atom stereocenters. The number of thiazole rings is 1. The number of benzene rings is 1. The van der Waals surface area contributed by atoms with E-state index in [1.54, 1.807) is 0 Å². The van der Waals surface area contributed by atoms with E-state index in [0.29, 0.717) is 5.56 Å². The van der Waals surface area contributed by atoms with Gasteiger partial charge in [-0.15, -0.1) is 11.3 Å². The third kappa shape index (κ3) is 2.30. The molecule has 20 heavy (non-hydrogen) atoms. The van der Waals surface area contributed by atoms with E-state index in [2.05, 4.69) is 9.97 Å². The maximum absolute atomic E-state index is 12.1. The Morgan fingerprint density at radius 1 is 1.15 bits per heavy atom. The zero-order valence-corrected chi connectivity index (χ0v) is 12.1. The molecule has 0 fully saturated rings. The molecule has 2 aromatic heterocycles. The van der Waals surface area contributed by atoms with Gasteiger partial charge < -0.3 is 4.98 Å². The van der Waals surface area contributed by atoms with E-state index < -0.39 is 0 Å². The number of aromatic nitrogens is 2. The summed E-state index contributed by atoms with van der Waals surface area (Å²) in [4.78, 5) is 19.6. The Hall–Kier alpha value is -2.20. The Bertz CT molecular complexity index is 803. The highest BCUT2D eigenvalue weighted by Crippen LogP contribution is 2.28. The number of H-pyrrole nitrogens is 1. The molecule has 2 heterocycles. The van der Waals surface area contributed by atoms with Crippen molar-refractivity contribution < 1.29 is 0 Å². The Labute approximate surface area is 121 Å². The first-order valence-corrected chi connectivity index (χ1v) is 7.25. The fourth-order valence-electron chi connectivity index (χ4n) is 2.25. The lowest BCUT2D eigenvalue weighted by Gasteiger charge is -2.02. The highest BCUT2D eigenvalue weighted by Gasteiger charge is 2.12. The van der Waals surface area contributed by atoms with Crippen LogP contribution in [0.2, 0.25) is 0 Å². The number of aryl methyl sites for hydroxylation is 2. The summed E-state index contributed by atoms with van der Waals surface area (Å²) in [6.45, 7) is 3.83. The van der Waals surface area contributed by atoms with Gasteiger partial charge in [0.15, 0.2) is 0 Å². The van der Waals surface area contributed by atoms with Crippen LogP contribution >= 0.6 is 11.3 Å². The van der Waals surface area contributed by atoms with Crippen LogP contribution in [-0.4, -0.2) is 9.97 Å². The van der Waals surface area contributed by atoms with Crippen LogP contribution in [0.1, 0.15) is 11.3 Å². The summed E-state index contributed by atoms with van der Waals surface area (Å²) < 4.78 is 0. The van der Waals surface area contributed by atoms with E-state index in [1.165, 1.54) is 11.3 Å². The molecule has 3 nitrogen and oxygen atoms in total. The normalized spacial score (nSPS) is 10.7. The van der Waals surface area contributed by atoms with Gasteiger partial charge in [0.25, 0.3) is 5.56 Å². The second-order valence-electron chi connectivity index (χ2n) is 4.74. The molecule has 1 aromatic carbocycles. The SMILES string of the molecule is Cc1cc(C)c(-c2nc(-c3ccccc3)cs2)c(=O)[nH]1. The average Bonchev–Trinajstić information content (AvgIpc) is 2.88. The summed E-state index contributed by atoms with van der Waals surface area (Å²) in [5, 5.41) is 2.76. The predicted octanol–water partition coefficient (Wildman–Crippen LogP) is 3.78. The maximum atomic E-state index is 12.1. The van der Waals surface area contributed by atoms with Crippen LogP contribution in [0.15, 0.2) is 46.6 Å². The second kappa shape index (κ2) is 5.06. The van der Waals surface area contributed by atoms with E-state index in [4.69, 9.17) is 0 Å². The van der Waals surface area contributed by atoms with Crippen molar-refractivity contribution in [3.8, 4) is 21.8 Å². The van der Waals surface area contributed by atoms with Crippen LogP contribution < -0.4 is 5.56 Å². The molecule has 0 unspecified atom stereocenters. The first-order valence-electron chi connectivity index (χ1n) is 6.37. The topological polar surface area (TPSA) is 45.8 Å². The van der Waals surface area contributed by atoms with Gasteiger partial charge in [-0.1, -0.05) is 30.3 Å². The molecule has 3 aromatic rings. The monoisotopic (exact) mass is 282 g/mol. The third-order valence-corrected chi connectivity index (χ3v) is 4.01. The molecule has 0 radical (unpaired) electrons. The number of aromatic amines is 1. The Kier molecular flexibility index (Phi) is 3.24. The molecule has 0 saturated heterocycles. The fraction of sp³-hybridized carbons (Fsp3) is 0.125. The third-order valence-electron chi connectivity index (χ3n) is 3.15. The van der Waals surface area contributed by atoms with Gasteiger partial charge in [0.05, 0.1) is 11.3 Å².